The molecule has 0 amide bonds. The zero-order chi connectivity index (χ0) is 12.5. The molecular weight excluding hydrogens is 226 g/mol. The van der Waals surface area contributed by atoms with Crippen LogP contribution < -0.4 is 4.74 Å². The van der Waals surface area contributed by atoms with E-state index in [-0.39, 0.29) is 12.7 Å². The standard InChI is InChI=1S/C15H17NO2/c1-16-8-7-11-4-2-5-14-15(11)12(10-16)13(18-14)6-3-9-17/h2,4-5,7-8,10,13,17H,3,6,9H2,1H3. The maximum Gasteiger partial charge on any atom is 0.128 e. The van der Waals surface area contributed by atoms with Crippen molar-refractivity contribution in [1.29, 1.82) is 0 Å². The first kappa shape index (κ1) is 11.4. The normalized spacial score (nSPS) is 20.2. The van der Waals surface area contributed by atoms with Gasteiger partial charge in [-0.1, -0.05) is 12.1 Å². The monoisotopic (exact) mass is 243 g/mol. The molecule has 2 heterocycles. The maximum absolute atomic E-state index is 8.98. The Hall–Kier alpha value is -1.74. The summed E-state index contributed by atoms with van der Waals surface area (Å²) in [5, 5.41) is 8.98. The molecule has 3 nitrogen and oxygen atoms in total. The van der Waals surface area contributed by atoms with Crippen molar-refractivity contribution in [3.63, 3.8) is 0 Å². The second-order valence-corrected chi connectivity index (χ2v) is 4.76. The Kier molecular flexibility index (Phi) is 2.84. The molecule has 3 rings (SSSR count). The molecule has 1 unspecified atom stereocenters. The van der Waals surface area contributed by atoms with Crippen molar-refractivity contribution >= 4 is 11.6 Å². The largest absolute Gasteiger partial charge is 0.485 e. The molecule has 0 saturated heterocycles. The zero-order valence-corrected chi connectivity index (χ0v) is 10.5. The summed E-state index contributed by atoms with van der Waals surface area (Å²) < 4.78 is 6.00. The summed E-state index contributed by atoms with van der Waals surface area (Å²) in [5.41, 5.74) is 3.64. The molecule has 0 saturated carbocycles. The van der Waals surface area contributed by atoms with Crippen LogP contribution in [-0.2, 0) is 0 Å². The van der Waals surface area contributed by atoms with E-state index in [0.717, 1.165) is 18.6 Å². The number of aliphatic hydroxyl groups excluding tert-OH is 1. The minimum Gasteiger partial charge on any atom is -0.485 e. The second kappa shape index (κ2) is 4.50. The van der Waals surface area contributed by atoms with Gasteiger partial charge in [0.05, 0.1) is 0 Å². The van der Waals surface area contributed by atoms with Crippen LogP contribution >= 0.6 is 0 Å². The van der Waals surface area contributed by atoms with Crippen LogP contribution in [0, 0.1) is 0 Å². The smallest absolute Gasteiger partial charge is 0.128 e. The van der Waals surface area contributed by atoms with Gasteiger partial charge in [0.2, 0.25) is 0 Å². The van der Waals surface area contributed by atoms with Gasteiger partial charge in [-0.15, -0.1) is 0 Å². The summed E-state index contributed by atoms with van der Waals surface area (Å²) in [6.45, 7) is 0.213. The van der Waals surface area contributed by atoms with Crippen molar-refractivity contribution in [2.45, 2.75) is 18.9 Å². The highest BCUT2D eigenvalue weighted by Gasteiger charge is 2.30. The third-order valence-corrected chi connectivity index (χ3v) is 3.42. The Balaban J connectivity index is 2.04. The summed E-state index contributed by atoms with van der Waals surface area (Å²) in [6, 6.07) is 6.15. The quantitative estimate of drug-likeness (QED) is 0.885. The number of hydrogen-bond acceptors (Lipinski definition) is 3. The molecule has 0 spiro atoms. The summed E-state index contributed by atoms with van der Waals surface area (Å²) >= 11 is 0. The maximum atomic E-state index is 8.98. The Morgan fingerprint density at radius 1 is 1.39 bits per heavy atom. The molecule has 1 N–H and O–H groups in total. The lowest BCUT2D eigenvalue weighted by atomic mass is 9.96. The van der Waals surface area contributed by atoms with Gasteiger partial charge in [-0.25, -0.2) is 0 Å². The van der Waals surface area contributed by atoms with Crippen molar-refractivity contribution in [1.82, 2.24) is 4.90 Å². The lowest BCUT2D eigenvalue weighted by Gasteiger charge is -2.14. The summed E-state index contributed by atoms with van der Waals surface area (Å²) in [6.07, 6.45) is 7.98. The van der Waals surface area contributed by atoms with E-state index in [1.165, 1.54) is 16.7 Å². The fourth-order valence-corrected chi connectivity index (χ4v) is 2.57. The van der Waals surface area contributed by atoms with Crippen LogP contribution in [0.4, 0.5) is 0 Å². The van der Waals surface area contributed by atoms with Crippen LogP contribution in [0.2, 0.25) is 0 Å². The Morgan fingerprint density at radius 2 is 2.28 bits per heavy atom. The van der Waals surface area contributed by atoms with Crippen LogP contribution in [-0.4, -0.2) is 29.8 Å². The van der Waals surface area contributed by atoms with Crippen LogP contribution in [0.1, 0.15) is 24.0 Å². The second-order valence-electron chi connectivity index (χ2n) is 4.76. The fraction of sp³-hybridized carbons (Fsp3) is 0.333. The Bertz CT molecular complexity index is 519. The predicted octanol–water partition coefficient (Wildman–Crippen LogP) is 2.48. The Morgan fingerprint density at radius 3 is 3.11 bits per heavy atom. The van der Waals surface area contributed by atoms with Crippen LogP contribution in [0.3, 0.4) is 0 Å². The highest BCUT2D eigenvalue weighted by atomic mass is 16.5. The van der Waals surface area contributed by atoms with E-state index in [0.29, 0.717) is 0 Å². The third-order valence-electron chi connectivity index (χ3n) is 3.42. The first-order valence-electron chi connectivity index (χ1n) is 6.32. The highest BCUT2D eigenvalue weighted by molar-refractivity contribution is 5.84. The molecule has 1 aromatic carbocycles. The van der Waals surface area contributed by atoms with Gasteiger partial charge in [0.1, 0.15) is 11.9 Å². The molecule has 0 fully saturated rings. The lowest BCUT2D eigenvalue weighted by molar-refractivity contribution is 0.227. The minimum absolute atomic E-state index is 0.0654. The predicted molar refractivity (Wildman–Crippen MR) is 72.0 cm³/mol. The summed E-state index contributed by atoms with van der Waals surface area (Å²) in [5.74, 6) is 0.960. The number of nitrogens with zero attached hydrogens (tertiary/aromatic N) is 1. The fourth-order valence-electron chi connectivity index (χ4n) is 2.57. The van der Waals surface area contributed by atoms with E-state index < -0.39 is 0 Å². The topological polar surface area (TPSA) is 32.7 Å². The third kappa shape index (κ3) is 1.81. The van der Waals surface area contributed by atoms with Crippen LogP contribution in [0.15, 0.2) is 30.6 Å². The lowest BCUT2D eigenvalue weighted by Crippen LogP contribution is -2.14. The zero-order valence-electron chi connectivity index (χ0n) is 10.5. The molecular formula is C15H17NO2. The van der Waals surface area contributed by atoms with Gasteiger partial charge in [-0.05, 0) is 30.5 Å². The van der Waals surface area contributed by atoms with Gasteiger partial charge in [0.25, 0.3) is 0 Å². The van der Waals surface area contributed by atoms with Gasteiger partial charge in [-0.2, -0.15) is 0 Å². The number of aliphatic hydroxyl groups is 1. The highest BCUT2D eigenvalue weighted by Crippen LogP contribution is 2.42. The van der Waals surface area contributed by atoms with Crippen molar-refractivity contribution in [2.75, 3.05) is 13.7 Å². The SMILES string of the molecule is CN1C=Cc2cccc3c2C(=C1)C(CCCO)O3. The number of ether oxygens (including phenoxy) is 1. The van der Waals surface area contributed by atoms with E-state index >= 15 is 0 Å². The molecule has 18 heavy (non-hydrogen) atoms. The van der Waals surface area contributed by atoms with E-state index in [1.54, 1.807) is 0 Å². The number of hydrogen-bond donors (Lipinski definition) is 1. The molecule has 1 aromatic rings. The van der Waals surface area contributed by atoms with Gasteiger partial charge in [0, 0.05) is 37.2 Å². The number of rotatable bonds is 3. The van der Waals surface area contributed by atoms with E-state index in [4.69, 9.17) is 9.84 Å². The first-order valence-corrected chi connectivity index (χ1v) is 6.32. The van der Waals surface area contributed by atoms with Gasteiger partial charge < -0.3 is 14.7 Å². The van der Waals surface area contributed by atoms with Crippen LogP contribution in [0.25, 0.3) is 11.6 Å². The molecule has 2 aliphatic rings. The first-order chi connectivity index (χ1) is 8.79. The summed E-state index contributed by atoms with van der Waals surface area (Å²) in [4.78, 5) is 2.06. The van der Waals surface area contributed by atoms with E-state index in [1.807, 2.05) is 19.2 Å². The molecule has 0 bridgehead atoms. The van der Waals surface area contributed by atoms with Crippen molar-refractivity contribution in [3.8, 4) is 5.75 Å². The molecule has 94 valence electrons. The average Bonchev–Trinajstić information content (AvgIpc) is 2.62. The number of benzene rings is 1. The van der Waals surface area contributed by atoms with Gasteiger partial charge >= 0.3 is 0 Å². The van der Waals surface area contributed by atoms with Crippen molar-refractivity contribution in [2.24, 2.45) is 0 Å². The minimum atomic E-state index is 0.0654. The van der Waals surface area contributed by atoms with Gasteiger partial charge in [-0.3, -0.25) is 0 Å². The summed E-state index contributed by atoms with van der Waals surface area (Å²) in [7, 11) is 2.02. The van der Waals surface area contributed by atoms with Gasteiger partial charge in [0.15, 0.2) is 0 Å². The average molecular weight is 243 g/mol. The molecule has 3 heteroatoms. The van der Waals surface area contributed by atoms with Crippen molar-refractivity contribution in [3.05, 3.63) is 41.7 Å². The molecule has 0 aromatic heterocycles. The van der Waals surface area contributed by atoms with Crippen LogP contribution in [0.5, 0.6) is 5.75 Å². The van der Waals surface area contributed by atoms with Crippen molar-refractivity contribution < 1.29 is 9.84 Å². The van der Waals surface area contributed by atoms with E-state index in [9.17, 15) is 0 Å². The Labute approximate surface area is 107 Å². The molecule has 0 radical (unpaired) electrons. The van der Waals surface area contributed by atoms with E-state index in [2.05, 4.69) is 29.4 Å². The molecule has 2 aliphatic heterocycles. The molecule has 1 atom stereocenters. The molecule has 0 aliphatic carbocycles.